The van der Waals surface area contributed by atoms with Gasteiger partial charge < -0.3 is 14.8 Å². The van der Waals surface area contributed by atoms with Gasteiger partial charge in [-0.1, -0.05) is 45.2 Å². The van der Waals surface area contributed by atoms with Crippen LogP contribution in [-0.2, 0) is 4.74 Å². The van der Waals surface area contributed by atoms with E-state index in [1.807, 2.05) is 12.1 Å². The lowest BCUT2D eigenvalue weighted by atomic mass is 10.0. The summed E-state index contributed by atoms with van der Waals surface area (Å²) in [4.78, 5) is 0. The minimum Gasteiger partial charge on any atom is -0.497 e. The topological polar surface area (TPSA) is 30.5 Å². The summed E-state index contributed by atoms with van der Waals surface area (Å²) in [6.45, 7) is 8.29. The van der Waals surface area contributed by atoms with Gasteiger partial charge in [-0.05, 0) is 37.6 Å². The lowest BCUT2D eigenvalue weighted by Gasteiger charge is -2.25. The lowest BCUT2D eigenvalue weighted by Crippen LogP contribution is -2.32. The number of hydrogen-bond donors (Lipinski definition) is 1. The Labute approximate surface area is 130 Å². The highest BCUT2D eigenvalue weighted by molar-refractivity contribution is 5.29. The van der Waals surface area contributed by atoms with Crippen LogP contribution in [0.25, 0.3) is 0 Å². The fourth-order valence-electron chi connectivity index (χ4n) is 2.48. The van der Waals surface area contributed by atoms with Gasteiger partial charge in [-0.15, -0.1) is 0 Å². The van der Waals surface area contributed by atoms with E-state index in [4.69, 9.17) is 9.47 Å². The zero-order valence-corrected chi connectivity index (χ0v) is 14.0. The Balaban J connectivity index is 2.53. The number of likely N-dealkylation sites (N-methyl/N-ethyl adjacent to an activating group) is 1. The molecule has 0 bridgehead atoms. The van der Waals surface area contributed by atoms with Crippen LogP contribution >= 0.6 is 0 Å². The maximum atomic E-state index is 6.02. The summed E-state index contributed by atoms with van der Waals surface area (Å²) < 4.78 is 11.2. The van der Waals surface area contributed by atoms with Gasteiger partial charge in [0.1, 0.15) is 5.75 Å². The molecule has 2 atom stereocenters. The van der Waals surface area contributed by atoms with Crippen LogP contribution in [0.2, 0.25) is 0 Å². The van der Waals surface area contributed by atoms with Crippen LogP contribution in [0.4, 0.5) is 0 Å². The second kappa shape index (κ2) is 10.6. The average molecular weight is 293 g/mol. The first-order valence-corrected chi connectivity index (χ1v) is 8.21. The third-order valence-electron chi connectivity index (χ3n) is 3.75. The summed E-state index contributed by atoms with van der Waals surface area (Å²) in [7, 11) is 1.69. The number of methoxy groups -OCH3 is 1. The first-order valence-electron chi connectivity index (χ1n) is 8.21. The van der Waals surface area contributed by atoms with Crippen molar-refractivity contribution < 1.29 is 9.47 Å². The third-order valence-corrected chi connectivity index (χ3v) is 3.75. The molecule has 3 nitrogen and oxygen atoms in total. The highest BCUT2D eigenvalue weighted by Crippen LogP contribution is 2.22. The Morgan fingerprint density at radius 3 is 2.33 bits per heavy atom. The van der Waals surface area contributed by atoms with Gasteiger partial charge in [-0.2, -0.15) is 0 Å². The zero-order valence-electron chi connectivity index (χ0n) is 14.0. The Kier molecular flexibility index (Phi) is 9.11. The van der Waals surface area contributed by atoms with E-state index < -0.39 is 0 Å². The van der Waals surface area contributed by atoms with E-state index in [1.165, 1.54) is 24.8 Å². The van der Waals surface area contributed by atoms with Crippen LogP contribution in [0.5, 0.6) is 5.75 Å². The molecule has 0 aliphatic carbocycles. The number of ether oxygens (including phenoxy) is 2. The van der Waals surface area contributed by atoms with Crippen molar-refractivity contribution in [1.29, 1.82) is 0 Å². The molecular weight excluding hydrogens is 262 g/mol. The molecule has 0 amide bonds. The van der Waals surface area contributed by atoms with Crippen molar-refractivity contribution in [1.82, 2.24) is 5.32 Å². The maximum Gasteiger partial charge on any atom is 0.118 e. The zero-order chi connectivity index (χ0) is 15.5. The SMILES string of the molecule is CCCCCCOC(C)C(NCC)c1ccc(OC)cc1. The van der Waals surface area contributed by atoms with Crippen molar-refractivity contribution >= 4 is 0 Å². The molecule has 0 heterocycles. The summed E-state index contributed by atoms with van der Waals surface area (Å²) in [6, 6.07) is 8.47. The van der Waals surface area contributed by atoms with Gasteiger partial charge in [0.25, 0.3) is 0 Å². The van der Waals surface area contributed by atoms with E-state index in [9.17, 15) is 0 Å². The minimum absolute atomic E-state index is 0.167. The second-order valence-corrected chi connectivity index (χ2v) is 5.45. The van der Waals surface area contributed by atoms with Gasteiger partial charge in [0.15, 0.2) is 0 Å². The fourth-order valence-corrected chi connectivity index (χ4v) is 2.48. The largest absolute Gasteiger partial charge is 0.497 e. The third kappa shape index (κ3) is 6.49. The summed E-state index contributed by atoms with van der Waals surface area (Å²) in [5, 5.41) is 3.52. The van der Waals surface area contributed by atoms with Gasteiger partial charge in [0.05, 0.1) is 19.3 Å². The van der Waals surface area contributed by atoms with Gasteiger partial charge in [-0.25, -0.2) is 0 Å². The van der Waals surface area contributed by atoms with E-state index in [1.54, 1.807) is 7.11 Å². The molecule has 3 heteroatoms. The van der Waals surface area contributed by atoms with Crippen molar-refractivity contribution in [3.63, 3.8) is 0 Å². The van der Waals surface area contributed by atoms with Crippen LogP contribution in [-0.4, -0.2) is 26.4 Å². The van der Waals surface area contributed by atoms with E-state index in [0.717, 1.165) is 25.3 Å². The minimum atomic E-state index is 0.167. The monoisotopic (exact) mass is 293 g/mol. The smallest absolute Gasteiger partial charge is 0.118 e. The van der Waals surface area contributed by atoms with Crippen LogP contribution in [0.1, 0.15) is 58.1 Å². The standard InChI is InChI=1S/C18H31NO2/c1-5-7-8-9-14-21-15(3)18(19-6-2)16-10-12-17(20-4)13-11-16/h10-13,15,18-19H,5-9,14H2,1-4H3. The number of hydrogen-bond acceptors (Lipinski definition) is 3. The maximum absolute atomic E-state index is 6.02. The van der Waals surface area contributed by atoms with Crippen molar-refractivity contribution in [2.24, 2.45) is 0 Å². The molecule has 0 saturated carbocycles. The Bertz CT molecular complexity index is 364. The first-order chi connectivity index (χ1) is 10.2. The van der Waals surface area contributed by atoms with Gasteiger partial charge in [0.2, 0.25) is 0 Å². The normalized spacial score (nSPS) is 13.9. The number of benzene rings is 1. The molecule has 1 aromatic carbocycles. The van der Waals surface area contributed by atoms with E-state index in [-0.39, 0.29) is 12.1 Å². The lowest BCUT2D eigenvalue weighted by molar-refractivity contribution is 0.0365. The quantitative estimate of drug-likeness (QED) is 0.616. The summed E-state index contributed by atoms with van der Waals surface area (Å²) in [5.41, 5.74) is 1.25. The molecule has 0 radical (unpaired) electrons. The first kappa shape index (κ1) is 18.0. The Hall–Kier alpha value is -1.06. The second-order valence-electron chi connectivity index (χ2n) is 5.45. The Morgan fingerprint density at radius 2 is 1.76 bits per heavy atom. The number of rotatable bonds is 11. The van der Waals surface area contributed by atoms with Gasteiger partial charge in [0, 0.05) is 6.61 Å². The van der Waals surface area contributed by atoms with Crippen molar-refractivity contribution in [3.05, 3.63) is 29.8 Å². The highest BCUT2D eigenvalue weighted by Gasteiger charge is 2.18. The Morgan fingerprint density at radius 1 is 1.05 bits per heavy atom. The molecule has 21 heavy (non-hydrogen) atoms. The summed E-state index contributed by atoms with van der Waals surface area (Å²) in [6.07, 6.45) is 5.14. The molecule has 1 N–H and O–H groups in total. The summed E-state index contributed by atoms with van der Waals surface area (Å²) >= 11 is 0. The molecule has 1 rings (SSSR count). The van der Waals surface area contributed by atoms with Crippen LogP contribution in [0, 0.1) is 0 Å². The molecule has 0 aromatic heterocycles. The molecule has 0 spiro atoms. The van der Waals surface area contributed by atoms with Gasteiger partial charge in [-0.3, -0.25) is 0 Å². The molecule has 1 aromatic rings. The van der Waals surface area contributed by atoms with Gasteiger partial charge >= 0.3 is 0 Å². The molecular formula is C18H31NO2. The van der Waals surface area contributed by atoms with Crippen LogP contribution in [0.3, 0.4) is 0 Å². The van der Waals surface area contributed by atoms with E-state index >= 15 is 0 Å². The van der Waals surface area contributed by atoms with Crippen LogP contribution < -0.4 is 10.1 Å². The van der Waals surface area contributed by atoms with Crippen molar-refractivity contribution in [2.75, 3.05) is 20.3 Å². The van der Waals surface area contributed by atoms with E-state index in [0.29, 0.717) is 0 Å². The van der Waals surface area contributed by atoms with E-state index in [2.05, 4.69) is 38.2 Å². The molecule has 2 unspecified atom stereocenters. The summed E-state index contributed by atoms with van der Waals surface area (Å²) in [5.74, 6) is 0.891. The predicted octanol–water partition coefficient (Wildman–Crippen LogP) is 4.33. The number of unbranched alkanes of at least 4 members (excludes halogenated alkanes) is 3. The molecule has 0 saturated heterocycles. The molecule has 0 aliphatic heterocycles. The van der Waals surface area contributed by atoms with Crippen molar-refractivity contribution in [2.45, 2.75) is 58.6 Å². The highest BCUT2D eigenvalue weighted by atomic mass is 16.5. The molecule has 0 aliphatic rings. The average Bonchev–Trinajstić information content (AvgIpc) is 2.52. The predicted molar refractivity (Wildman–Crippen MR) is 89.0 cm³/mol. The molecule has 0 fully saturated rings. The fraction of sp³-hybridized carbons (Fsp3) is 0.667. The molecule has 120 valence electrons. The van der Waals surface area contributed by atoms with Crippen LogP contribution in [0.15, 0.2) is 24.3 Å². The van der Waals surface area contributed by atoms with Crippen molar-refractivity contribution in [3.8, 4) is 5.75 Å². The number of nitrogens with one attached hydrogen (secondary N) is 1.